The molecule has 2 fully saturated rings. The first-order valence-electron chi connectivity index (χ1n) is 8.16. The second kappa shape index (κ2) is 5.77. The molecule has 0 aromatic carbocycles. The van der Waals surface area contributed by atoms with E-state index in [1.165, 1.54) is 36.4 Å². The lowest BCUT2D eigenvalue weighted by Gasteiger charge is -2.37. The van der Waals surface area contributed by atoms with Gasteiger partial charge in [0, 0.05) is 12.3 Å². The molecule has 1 unspecified atom stereocenters. The lowest BCUT2D eigenvalue weighted by Crippen LogP contribution is -2.28. The zero-order valence-electron chi connectivity index (χ0n) is 13.1. The Labute approximate surface area is 144 Å². The maximum atomic E-state index is 11.0. The molecule has 6 nitrogen and oxygen atoms in total. The van der Waals surface area contributed by atoms with Crippen molar-refractivity contribution in [1.29, 1.82) is 0 Å². The number of aromatic carboxylic acids is 1. The summed E-state index contributed by atoms with van der Waals surface area (Å²) >= 11 is 5.89. The van der Waals surface area contributed by atoms with E-state index in [9.17, 15) is 4.79 Å². The number of aromatic nitrogens is 3. The molecule has 2 aromatic heterocycles. The van der Waals surface area contributed by atoms with E-state index in [1.807, 2.05) is 0 Å². The number of nitrogens with zero attached hydrogens (tertiary/aromatic N) is 3. The van der Waals surface area contributed by atoms with Crippen molar-refractivity contribution in [2.45, 2.75) is 32.1 Å². The van der Waals surface area contributed by atoms with Crippen LogP contribution in [0.15, 0.2) is 24.4 Å². The maximum absolute atomic E-state index is 11.0. The number of pyridine rings is 1. The van der Waals surface area contributed by atoms with Gasteiger partial charge in [-0.3, -0.25) is 0 Å². The van der Waals surface area contributed by atoms with Crippen LogP contribution < -0.4 is 4.74 Å². The van der Waals surface area contributed by atoms with Gasteiger partial charge in [0.1, 0.15) is 5.15 Å². The normalized spacial score (nSPS) is 20.6. The van der Waals surface area contributed by atoms with E-state index in [2.05, 4.69) is 10.1 Å². The predicted molar refractivity (Wildman–Crippen MR) is 87.8 cm³/mol. The summed E-state index contributed by atoms with van der Waals surface area (Å²) in [7, 11) is 0. The third-order valence-electron chi connectivity index (χ3n) is 5.33. The van der Waals surface area contributed by atoms with Crippen LogP contribution >= 0.6 is 11.6 Å². The van der Waals surface area contributed by atoms with E-state index < -0.39 is 5.97 Å². The van der Waals surface area contributed by atoms with E-state index >= 15 is 0 Å². The quantitative estimate of drug-likeness (QED) is 0.808. The summed E-state index contributed by atoms with van der Waals surface area (Å²) in [5, 5.41) is 13.2. The van der Waals surface area contributed by atoms with Crippen molar-refractivity contribution >= 4 is 17.6 Å². The number of carbonyl (C=O) groups is 1. The largest absolute Gasteiger partial charge is 0.478 e. The number of carboxylic acids is 1. The number of ether oxygens (including phenoxy) is 1. The Balaban J connectivity index is 1.37. The topological polar surface area (TPSA) is 77.2 Å². The van der Waals surface area contributed by atoms with Crippen LogP contribution in [-0.4, -0.2) is 32.4 Å². The van der Waals surface area contributed by atoms with Gasteiger partial charge in [0.15, 0.2) is 5.82 Å². The Bertz CT molecular complexity index is 785. The molecule has 2 aromatic rings. The first kappa shape index (κ1) is 15.4. The molecule has 1 N–H and O–H groups in total. The standard InChI is InChI=1S/C17H18ClN3O3/c18-15-12(16(22)23)1-2-13(19-15)21-9-4-14(20-21)24-10-5-11-3-6-17(11)7-8-17/h1-2,4,9,11H,3,5-8,10H2,(H,22,23). The van der Waals surface area contributed by atoms with Crippen molar-refractivity contribution in [2.24, 2.45) is 11.3 Å². The second-order valence-corrected chi connectivity index (χ2v) is 7.00. The monoisotopic (exact) mass is 347 g/mol. The lowest BCUT2D eigenvalue weighted by molar-refractivity contribution is 0.0696. The van der Waals surface area contributed by atoms with Crippen LogP contribution in [0.1, 0.15) is 42.5 Å². The zero-order valence-corrected chi connectivity index (χ0v) is 13.9. The van der Waals surface area contributed by atoms with Gasteiger partial charge in [0.2, 0.25) is 5.88 Å². The van der Waals surface area contributed by atoms with Gasteiger partial charge in [-0.2, -0.15) is 0 Å². The number of carboxylic acid groups (broad SMARTS) is 1. The van der Waals surface area contributed by atoms with Gasteiger partial charge in [0.05, 0.1) is 12.2 Å². The first-order chi connectivity index (χ1) is 11.6. The molecule has 126 valence electrons. The minimum Gasteiger partial charge on any atom is -0.478 e. The third kappa shape index (κ3) is 2.75. The summed E-state index contributed by atoms with van der Waals surface area (Å²) in [6.45, 7) is 0.676. The number of hydrogen-bond acceptors (Lipinski definition) is 4. The Kier molecular flexibility index (Phi) is 3.72. The Hall–Kier alpha value is -2.08. The van der Waals surface area contributed by atoms with Crippen LogP contribution in [0.2, 0.25) is 5.15 Å². The molecule has 0 saturated heterocycles. The van der Waals surface area contributed by atoms with Crippen LogP contribution in [0, 0.1) is 11.3 Å². The van der Waals surface area contributed by atoms with Crippen molar-refractivity contribution in [3.63, 3.8) is 0 Å². The van der Waals surface area contributed by atoms with Gasteiger partial charge in [-0.25, -0.2) is 14.5 Å². The summed E-state index contributed by atoms with van der Waals surface area (Å²) < 4.78 is 7.27. The lowest BCUT2D eigenvalue weighted by atomic mass is 9.69. The van der Waals surface area contributed by atoms with Gasteiger partial charge in [0.25, 0.3) is 0 Å². The molecule has 0 amide bonds. The summed E-state index contributed by atoms with van der Waals surface area (Å²) in [4.78, 5) is 15.0. The molecule has 24 heavy (non-hydrogen) atoms. The fourth-order valence-corrected chi connectivity index (χ4v) is 3.79. The highest BCUT2D eigenvalue weighted by Crippen LogP contribution is 2.65. The molecular weight excluding hydrogens is 330 g/mol. The van der Waals surface area contributed by atoms with Gasteiger partial charge < -0.3 is 9.84 Å². The summed E-state index contributed by atoms with van der Waals surface area (Å²) in [5.74, 6) is 0.715. The molecule has 0 aliphatic heterocycles. The molecule has 7 heteroatoms. The van der Waals surface area contributed by atoms with Crippen molar-refractivity contribution < 1.29 is 14.6 Å². The molecule has 0 radical (unpaired) electrons. The van der Waals surface area contributed by atoms with E-state index in [0.717, 1.165) is 12.3 Å². The van der Waals surface area contributed by atoms with Crippen molar-refractivity contribution in [3.05, 3.63) is 35.1 Å². The van der Waals surface area contributed by atoms with Gasteiger partial charge in [-0.1, -0.05) is 11.6 Å². The summed E-state index contributed by atoms with van der Waals surface area (Å²) in [5.41, 5.74) is 0.647. The molecule has 4 rings (SSSR count). The fourth-order valence-electron chi connectivity index (χ4n) is 3.56. The van der Waals surface area contributed by atoms with E-state index in [1.54, 1.807) is 18.3 Å². The molecule has 2 aliphatic carbocycles. The summed E-state index contributed by atoms with van der Waals surface area (Å²) in [6, 6.07) is 4.76. The van der Waals surface area contributed by atoms with Gasteiger partial charge in [-0.05, 0) is 55.6 Å². The Morgan fingerprint density at radius 1 is 1.38 bits per heavy atom. The molecular formula is C17H18ClN3O3. The molecule has 1 atom stereocenters. The van der Waals surface area contributed by atoms with Crippen LogP contribution in [0.4, 0.5) is 0 Å². The van der Waals surface area contributed by atoms with Crippen LogP contribution in [0.5, 0.6) is 5.88 Å². The summed E-state index contributed by atoms with van der Waals surface area (Å²) in [6.07, 6.45) is 8.32. The van der Waals surface area contributed by atoms with E-state index in [-0.39, 0.29) is 10.7 Å². The fraction of sp³-hybridized carbons (Fsp3) is 0.471. The number of rotatable bonds is 6. The maximum Gasteiger partial charge on any atom is 0.338 e. The average Bonchev–Trinajstić information content (AvgIpc) is 3.25. The number of halogens is 1. The highest BCUT2D eigenvalue weighted by Gasteiger charge is 2.54. The van der Waals surface area contributed by atoms with Crippen LogP contribution in [-0.2, 0) is 0 Å². The second-order valence-electron chi connectivity index (χ2n) is 6.65. The predicted octanol–water partition coefficient (Wildman–Crippen LogP) is 3.58. The highest BCUT2D eigenvalue weighted by molar-refractivity contribution is 6.32. The third-order valence-corrected chi connectivity index (χ3v) is 5.62. The van der Waals surface area contributed by atoms with Crippen molar-refractivity contribution in [1.82, 2.24) is 14.8 Å². The zero-order chi connectivity index (χ0) is 16.7. The Morgan fingerprint density at radius 3 is 2.83 bits per heavy atom. The SMILES string of the molecule is O=C(O)c1ccc(-n2ccc(OCCC3CCC34CC4)n2)nc1Cl. The minimum atomic E-state index is -1.10. The van der Waals surface area contributed by atoms with Crippen molar-refractivity contribution in [2.75, 3.05) is 6.61 Å². The van der Waals surface area contributed by atoms with Gasteiger partial charge >= 0.3 is 5.97 Å². The highest BCUT2D eigenvalue weighted by atomic mass is 35.5. The average molecular weight is 348 g/mol. The molecule has 0 bridgehead atoms. The first-order valence-corrected chi connectivity index (χ1v) is 8.54. The minimum absolute atomic E-state index is 0.0291. The van der Waals surface area contributed by atoms with Crippen LogP contribution in [0.3, 0.4) is 0 Å². The number of hydrogen-bond donors (Lipinski definition) is 1. The molecule has 1 spiro atoms. The molecule has 2 heterocycles. The van der Waals surface area contributed by atoms with Crippen molar-refractivity contribution in [3.8, 4) is 11.7 Å². The van der Waals surface area contributed by atoms with Gasteiger partial charge in [-0.15, -0.1) is 5.10 Å². The van der Waals surface area contributed by atoms with Crippen LogP contribution in [0.25, 0.3) is 5.82 Å². The smallest absolute Gasteiger partial charge is 0.338 e. The van der Waals surface area contributed by atoms with E-state index in [4.69, 9.17) is 21.4 Å². The van der Waals surface area contributed by atoms with E-state index in [0.29, 0.717) is 23.7 Å². The molecule has 2 saturated carbocycles. The Morgan fingerprint density at radius 2 is 2.21 bits per heavy atom. The molecule has 2 aliphatic rings.